The summed E-state index contributed by atoms with van der Waals surface area (Å²) in [6.07, 6.45) is 1.90. The van der Waals surface area contributed by atoms with Crippen molar-refractivity contribution in [2.75, 3.05) is 36.0 Å². The third kappa shape index (κ3) is 4.97. The maximum absolute atomic E-state index is 13.2. The lowest BCUT2D eigenvalue weighted by Gasteiger charge is -2.36. The van der Waals surface area contributed by atoms with Crippen LogP contribution in [-0.2, 0) is 6.54 Å². The van der Waals surface area contributed by atoms with Crippen molar-refractivity contribution in [2.24, 2.45) is 0 Å². The van der Waals surface area contributed by atoms with Gasteiger partial charge in [-0.25, -0.2) is 9.37 Å². The average Bonchev–Trinajstić information content (AvgIpc) is 2.78. The Hall–Kier alpha value is -2.92. The molecule has 0 saturated carbocycles. The molecule has 4 nitrogen and oxygen atoms in total. The maximum atomic E-state index is 13.2. The van der Waals surface area contributed by atoms with Gasteiger partial charge in [0.15, 0.2) is 0 Å². The SMILES string of the molecule is Cc1cccc([C@H](C)NCc2ccnc(N3CCN(c4ccc(F)cc4)CC3)c2)c1. The Balaban J connectivity index is 1.34. The largest absolute Gasteiger partial charge is 0.368 e. The van der Waals surface area contributed by atoms with Crippen molar-refractivity contribution in [1.82, 2.24) is 10.3 Å². The fraction of sp³-hybridized carbons (Fsp3) is 0.320. The molecule has 1 aliphatic rings. The quantitative estimate of drug-likeness (QED) is 0.645. The number of nitrogens with zero attached hydrogens (tertiary/aromatic N) is 3. The smallest absolute Gasteiger partial charge is 0.128 e. The van der Waals surface area contributed by atoms with E-state index in [0.717, 1.165) is 44.2 Å². The fourth-order valence-electron chi connectivity index (χ4n) is 3.92. The molecular formula is C25H29FN4. The van der Waals surface area contributed by atoms with Crippen LogP contribution in [0.1, 0.15) is 29.7 Å². The Labute approximate surface area is 178 Å². The molecule has 1 aliphatic heterocycles. The second kappa shape index (κ2) is 9.26. The van der Waals surface area contributed by atoms with Gasteiger partial charge in [0.05, 0.1) is 0 Å². The molecule has 2 heterocycles. The van der Waals surface area contributed by atoms with Crippen molar-refractivity contribution < 1.29 is 4.39 Å². The summed E-state index contributed by atoms with van der Waals surface area (Å²) >= 11 is 0. The molecule has 0 radical (unpaired) electrons. The lowest BCUT2D eigenvalue weighted by Crippen LogP contribution is -2.46. The lowest BCUT2D eigenvalue weighted by molar-refractivity contribution is 0.573. The van der Waals surface area contributed by atoms with Crippen LogP contribution in [0.2, 0.25) is 0 Å². The van der Waals surface area contributed by atoms with E-state index in [4.69, 9.17) is 0 Å². The molecular weight excluding hydrogens is 375 g/mol. The highest BCUT2D eigenvalue weighted by Gasteiger charge is 2.18. The Kier molecular flexibility index (Phi) is 6.29. The molecule has 5 heteroatoms. The molecule has 0 amide bonds. The first-order chi connectivity index (χ1) is 14.6. The summed E-state index contributed by atoms with van der Waals surface area (Å²) in [6, 6.07) is 19.9. The lowest BCUT2D eigenvalue weighted by atomic mass is 10.1. The zero-order valence-corrected chi connectivity index (χ0v) is 17.7. The Morgan fingerprint density at radius 2 is 1.70 bits per heavy atom. The van der Waals surface area contributed by atoms with Gasteiger partial charge in [-0.05, 0) is 61.4 Å². The van der Waals surface area contributed by atoms with E-state index in [9.17, 15) is 4.39 Å². The molecule has 1 aromatic heterocycles. The fourth-order valence-corrected chi connectivity index (χ4v) is 3.92. The van der Waals surface area contributed by atoms with Crippen molar-refractivity contribution in [1.29, 1.82) is 0 Å². The molecule has 1 fully saturated rings. The molecule has 0 spiro atoms. The van der Waals surface area contributed by atoms with E-state index in [-0.39, 0.29) is 5.82 Å². The van der Waals surface area contributed by atoms with Crippen molar-refractivity contribution >= 4 is 11.5 Å². The van der Waals surface area contributed by atoms with E-state index in [1.54, 1.807) is 0 Å². The Morgan fingerprint density at radius 3 is 2.43 bits per heavy atom. The highest BCUT2D eigenvalue weighted by Crippen LogP contribution is 2.21. The first-order valence-corrected chi connectivity index (χ1v) is 10.6. The molecule has 4 rings (SSSR count). The van der Waals surface area contributed by atoms with Gasteiger partial charge in [-0.15, -0.1) is 0 Å². The van der Waals surface area contributed by atoms with Gasteiger partial charge in [0.2, 0.25) is 0 Å². The van der Waals surface area contributed by atoms with Crippen LogP contribution in [0.25, 0.3) is 0 Å². The molecule has 0 unspecified atom stereocenters. The number of hydrogen-bond donors (Lipinski definition) is 1. The second-order valence-electron chi connectivity index (χ2n) is 7.99. The third-order valence-electron chi connectivity index (χ3n) is 5.76. The van der Waals surface area contributed by atoms with Crippen LogP contribution in [0.4, 0.5) is 15.9 Å². The van der Waals surface area contributed by atoms with Gasteiger partial charge >= 0.3 is 0 Å². The minimum atomic E-state index is -0.191. The first-order valence-electron chi connectivity index (χ1n) is 10.6. The topological polar surface area (TPSA) is 31.4 Å². The summed E-state index contributed by atoms with van der Waals surface area (Å²) in [6.45, 7) is 8.75. The summed E-state index contributed by atoms with van der Waals surface area (Å²) in [5.74, 6) is 0.833. The molecule has 1 saturated heterocycles. The number of aromatic nitrogens is 1. The summed E-state index contributed by atoms with van der Waals surface area (Å²) in [5.41, 5.74) is 4.90. The van der Waals surface area contributed by atoms with E-state index >= 15 is 0 Å². The predicted molar refractivity (Wildman–Crippen MR) is 121 cm³/mol. The number of benzene rings is 2. The van der Waals surface area contributed by atoms with Gasteiger partial charge in [0, 0.05) is 50.6 Å². The maximum Gasteiger partial charge on any atom is 0.128 e. The average molecular weight is 405 g/mol. The van der Waals surface area contributed by atoms with Crippen molar-refractivity contribution in [3.63, 3.8) is 0 Å². The van der Waals surface area contributed by atoms with E-state index in [1.807, 2.05) is 18.3 Å². The van der Waals surface area contributed by atoms with Crippen LogP contribution >= 0.6 is 0 Å². The molecule has 156 valence electrons. The number of anilines is 2. The molecule has 0 bridgehead atoms. The third-order valence-corrected chi connectivity index (χ3v) is 5.76. The first kappa shape index (κ1) is 20.4. The normalized spacial score (nSPS) is 15.3. The minimum Gasteiger partial charge on any atom is -0.368 e. The zero-order valence-electron chi connectivity index (χ0n) is 17.7. The van der Waals surface area contributed by atoms with Crippen LogP contribution in [0.5, 0.6) is 0 Å². The molecule has 1 N–H and O–H groups in total. The number of rotatable bonds is 6. The molecule has 3 aromatic rings. The predicted octanol–water partition coefficient (Wildman–Crippen LogP) is 4.71. The number of hydrogen-bond acceptors (Lipinski definition) is 4. The number of halogens is 1. The molecule has 1 atom stereocenters. The molecule has 0 aliphatic carbocycles. The summed E-state index contributed by atoms with van der Waals surface area (Å²) in [5, 5.41) is 3.62. The van der Waals surface area contributed by atoms with E-state index in [0.29, 0.717) is 6.04 Å². The molecule has 30 heavy (non-hydrogen) atoms. The van der Waals surface area contributed by atoms with E-state index < -0.39 is 0 Å². The Morgan fingerprint density at radius 1 is 0.967 bits per heavy atom. The highest BCUT2D eigenvalue weighted by molar-refractivity contribution is 5.49. The van der Waals surface area contributed by atoms with Crippen LogP contribution < -0.4 is 15.1 Å². The highest BCUT2D eigenvalue weighted by atomic mass is 19.1. The number of nitrogens with one attached hydrogen (secondary N) is 1. The van der Waals surface area contributed by atoms with Crippen molar-refractivity contribution in [3.8, 4) is 0 Å². The monoisotopic (exact) mass is 404 g/mol. The van der Waals surface area contributed by atoms with Crippen molar-refractivity contribution in [2.45, 2.75) is 26.4 Å². The van der Waals surface area contributed by atoms with Gasteiger partial charge in [0.1, 0.15) is 11.6 Å². The van der Waals surface area contributed by atoms with Crippen LogP contribution in [-0.4, -0.2) is 31.2 Å². The summed E-state index contributed by atoms with van der Waals surface area (Å²) < 4.78 is 13.2. The van der Waals surface area contributed by atoms with E-state index in [1.165, 1.54) is 28.8 Å². The van der Waals surface area contributed by atoms with Gasteiger partial charge < -0.3 is 15.1 Å². The Bertz CT molecular complexity index is 965. The van der Waals surface area contributed by atoms with Gasteiger partial charge in [-0.2, -0.15) is 0 Å². The van der Waals surface area contributed by atoms with E-state index in [2.05, 4.69) is 70.3 Å². The van der Waals surface area contributed by atoms with Crippen LogP contribution in [0, 0.1) is 12.7 Å². The van der Waals surface area contributed by atoms with Crippen molar-refractivity contribution in [3.05, 3.63) is 89.4 Å². The standard InChI is InChI=1S/C25H29FN4/c1-19-4-3-5-22(16-19)20(2)28-18-21-10-11-27-25(17-21)30-14-12-29(13-15-30)24-8-6-23(26)7-9-24/h3-11,16-17,20,28H,12-15,18H2,1-2H3/t20-/m0/s1. The number of pyridine rings is 1. The minimum absolute atomic E-state index is 0.191. The van der Waals surface area contributed by atoms with Crippen LogP contribution in [0.15, 0.2) is 66.9 Å². The number of aryl methyl sites for hydroxylation is 1. The van der Waals surface area contributed by atoms with Crippen LogP contribution in [0.3, 0.4) is 0 Å². The van der Waals surface area contributed by atoms with Gasteiger partial charge in [-0.3, -0.25) is 0 Å². The van der Waals surface area contributed by atoms with Gasteiger partial charge in [-0.1, -0.05) is 29.8 Å². The number of piperazine rings is 1. The summed E-state index contributed by atoms with van der Waals surface area (Å²) in [4.78, 5) is 9.22. The summed E-state index contributed by atoms with van der Waals surface area (Å²) in [7, 11) is 0. The molecule has 2 aromatic carbocycles. The zero-order chi connectivity index (χ0) is 20.9. The second-order valence-corrected chi connectivity index (χ2v) is 7.99. The van der Waals surface area contributed by atoms with Gasteiger partial charge in [0.25, 0.3) is 0 Å².